The average Bonchev–Trinajstić information content (AvgIpc) is 3.06. The number of fused-ring (bicyclic) bond motifs is 6. The summed E-state index contributed by atoms with van der Waals surface area (Å²) in [5, 5.41) is 1.34. The predicted molar refractivity (Wildman–Crippen MR) is 101 cm³/mol. The zero-order valence-electron chi connectivity index (χ0n) is 15.2. The summed E-state index contributed by atoms with van der Waals surface area (Å²) in [7, 11) is 1.45. The number of aromatic nitrogens is 1. The highest BCUT2D eigenvalue weighted by molar-refractivity contribution is 5.89. The Morgan fingerprint density at radius 1 is 1.38 bits per heavy atom. The quantitative estimate of drug-likeness (QED) is 0.797. The fourth-order valence-corrected chi connectivity index (χ4v) is 5.19. The molecule has 0 bridgehead atoms. The van der Waals surface area contributed by atoms with Crippen LogP contribution in [0.15, 0.2) is 36.1 Å². The maximum Gasteiger partial charge on any atom is 0.337 e. The van der Waals surface area contributed by atoms with Crippen molar-refractivity contribution in [1.82, 2.24) is 9.88 Å². The van der Waals surface area contributed by atoms with Crippen LogP contribution in [-0.2, 0) is 20.7 Å². The van der Waals surface area contributed by atoms with Crippen molar-refractivity contribution >= 4 is 16.9 Å². The van der Waals surface area contributed by atoms with E-state index >= 15 is 0 Å². The Hall–Kier alpha value is -2.27. The molecule has 1 unspecified atom stereocenters. The molecule has 5 nitrogen and oxygen atoms in total. The zero-order valence-corrected chi connectivity index (χ0v) is 15.2. The van der Waals surface area contributed by atoms with Crippen LogP contribution < -0.4 is 0 Å². The molecular weight excluding hydrogens is 328 g/mol. The van der Waals surface area contributed by atoms with Crippen LogP contribution in [0.25, 0.3) is 10.9 Å². The molecule has 3 aliphatic rings. The lowest BCUT2D eigenvalue weighted by Gasteiger charge is -2.49. The lowest BCUT2D eigenvalue weighted by atomic mass is 9.72. The lowest BCUT2D eigenvalue weighted by Crippen LogP contribution is -2.51. The van der Waals surface area contributed by atoms with Crippen LogP contribution in [0.4, 0.5) is 0 Å². The van der Waals surface area contributed by atoms with E-state index in [0.717, 1.165) is 25.9 Å². The van der Waals surface area contributed by atoms with Gasteiger partial charge in [0, 0.05) is 42.9 Å². The van der Waals surface area contributed by atoms with E-state index in [1.165, 1.54) is 29.3 Å². The molecule has 0 amide bonds. The Balaban J connectivity index is 0.00000180. The van der Waals surface area contributed by atoms with E-state index in [-0.39, 0.29) is 19.4 Å². The average molecular weight is 354 g/mol. The number of aromatic amines is 1. The second-order valence-corrected chi connectivity index (χ2v) is 7.74. The highest BCUT2D eigenvalue weighted by Crippen LogP contribution is 2.47. The molecule has 2 aromatic rings. The first-order chi connectivity index (χ1) is 12.7. The van der Waals surface area contributed by atoms with Crippen molar-refractivity contribution in [1.29, 1.82) is 0 Å². The summed E-state index contributed by atoms with van der Waals surface area (Å²) in [5.74, 6) is 0.258. The second-order valence-electron chi connectivity index (χ2n) is 7.74. The summed E-state index contributed by atoms with van der Waals surface area (Å²) in [6.07, 6.45) is 3.77. The fourth-order valence-electron chi connectivity index (χ4n) is 5.19. The van der Waals surface area contributed by atoms with Gasteiger partial charge in [0.05, 0.1) is 31.1 Å². The fraction of sp³-hybridized carbons (Fsp3) is 0.476. The standard InChI is InChI=1S/C21H24N2O3.H2/c1-12-16-10-23-8-7-14-13-5-3-4-6-18(13)22-20(14)19(23)9-15(16)17(11-26-12)21(24)25-2;/h3-6,11-12,15-16,19,22H,7-10H2,1-2H3;1H/t12-,15?,16+,19+;/m0./s1. The van der Waals surface area contributed by atoms with Gasteiger partial charge in [-0.05, 0) is 31.4 Å². The molecule has 5 rings (SSSR count). The summed E-state index contributed by atoms with van der Waals surface area (Å²) < 4.78 is 10.8. The molecule has 0 aliphatic carbocycles. The number of para-hydroxylation sites is 1. The normalized spacial score (nSPS) is 30.6. The van der Waals surface area contributed by atoms with Crippen molar-refractivity contribution in [2.24, 2.45) is 11.8 Å². The van der Waals surface area contributed by atoms with E-state index in [4.69, 9.17) is 9.47 Å². The molecule has 1 aromatic heterocycles. The monoisotopic (exact) mass is 354 g/mol. The number of benzene rings is 1. The molecule has 138 valence electrons. The van der Waals surface area contributed by atoms with E-state index in [2.05, 4.69) is 41.1 Å². The van der Waals surface area contributed by atoms with Crippen molar-refractivity contribution in [3.63, 3.8) is 0 Å². The molecule has 1 fully saturated rings. The Morgan fingerprint density at radius 3 is 3.08 bits per heavy atom. The number of nitrogens with one attached hydrogen (secondary N) is 1. The molecule has 26 heavy (non-hydrogen) atoms. The third-order valence-corrected chi connectivity index (χ3v) is 6.54. The lowest BCUT2D eigenvalue weighted by molar-refractivity contribution is -0.139. The summed E-state index contributed by atoms with van der Waals surface area (Å²) in [4.78, 5) is 18.5. The van der Waals surface area contributed by atoms with E-state index in [9.17, 15) is 4.79 Å². The predicted octanol–water partition coefficient (Wildman–Crippen LogP) is 3.42. The summed E-state index contributed by atoms with van der Waals surface area (Å²) >= 11 is 0. The first-order valence-corrected chi connectivity index (χ1v) is 9.44. The minimum atomic E-state index is -0.256. The third-order valence-electron chi connectivity index (χ3n) is 6.54. The van der Waals surface area contributed by atoms with Crippen molar-refractivity contribution in [2.45, 2.75) is 31.9 Å². The van der Waals surface area contributed by atoms with Crippen LogP contribution >= 0.6 is 0 Å². The SMILES string of the molecule is COC(=O)C1=CO[C@@H](C)[C@H]2CN3CCc4c([nH]c5ccccc45)[C@H]3CC12.[HH]. The molecule has 3 aliphatic heterocycles. The largest absolute Gasteiger partial charge is 0.497 e. The summed E-state index contributed by atoms with van der Waals surface area (Å²) in [5.41, 5.74) is 4.69. The summed E-state index contributed by atoms with van der Waals surface area (Å²) in [6.45, 7) is 4.13. The van der Waals surface area contributed by atoms with Gasteiger partial charge in [-0.3, -0.25) is 4.90 Å². The second kappa shape index (κ2) is 5.88. The smallest absolute Gasteiger partial charge is 0.337 e. The minimum Gasteiger partial charge on any atom is -0.497 e. The highest BCUT2D eigenvalue weighted by atomic mass is 16.5. The maximum absolute atomic E-state index is 12.3. The molecule has 1 saturated heterocycles. The molecule has 0 saturated carbocycles. The molecule has 0 spiro atoms. The van der Waals surface area contributed by atoms with Crippen LogP contribution in [-0.4, -0.2) is 42.2 Å². The number of esters is 1. The van der Waals surface area contributed by atoms with E-state index in [1.54, 1.807) is 6.26 Å². The Bertz CT molecular complexity index is 906. The van der Waals surface area contributed by atoms with Gasteiger partial charge in [0.15, 0.2) is 0 Å². The number of nitrogens with zero attached hydrogens (tertiary/aromatic N) is 1. The number of rotatable bonds is 1. The van der Waals surface area contributed by atoms with Crippen LogP contribution in [0.1, 0.15) is 32.1 Å². The highest BCUT2D eigenvalue weighted by Gasteiger charge is 2.46. The summed E-state index contributed by atoms with van der Waals surface area (Å²) in [6, 6.07) is 8.88. The molecule has 1 aromatic carbocycles. The van der Waals surface area contributed by atoms with Gasteiger partial charge in [0.2, 0.25) is 0 Å². The molecule has 0 radical (unpaired) electrons. The topological polar surface area (TPSA) is 54.6 Å². The number of piperidine rings is 1. The van der Waals surface area contributed by atoms with E-state index in [1.807, 2.05) is 0 Å². The van der Waals surface area contributed by atoms with Gasteiger partial charge < -0.3 is 14.5 Å². The number of carbonyl (C=O) groups excluding carboxylic acids is 1. The number of hydrogen-bond acceptors (Lipinski definition) is 4. The van der Waals surface area contributed by atoms with Crippen LogP contribution in [0.3, 0.4) is 0 Å². The third kappa shape index (κ3) is 2.23. The Morgan fingerprint density at radius 2 is 2.23 bits per heavy atom. The number of methoxy groups -OCH3 is 1. The number of carbonyl (C=O) groups is 1. The van der Waals surface area contributed by atoms with Crippen LogP contribution in [0, 0.1) is 11.8 Å². The van der Waals surface area contributed by atoms with Crippen molar-refractivity contribution in [3.8, 4) is 0 Å². The molecule has 4 atom stereocenters. The molecule has 5 heteroatoms. The minimum absolute atomic E-state index is 0. The van der Waals surface area contributed by atoms with E-state index in [0.29, 0.717) is 17.5 Å². The van der Waals surface area contributed by atoms with Crippen molar-refractivity contribution in [2.75, 3.05) is 20.2 Å². The first kappa shape index (κ1) is 15.9. The first-order valence-electron chi connectivity index (χ1n) is 9.44. The molecular formula is C21H26N2O3. The van der Waals surface area contributed by atoms with Gasteiger partial charge in [-0.25, -0.2) is 4.79 Å². The van der Waals surface area contributed by atoms with Gasteiger partial charge in [-0.15, -0.1) is 0 Å². The zero-order chi connectivity index (χ0) is 17.8. The number of ether oxygens (including phenoxy) is 2. The Kier molecular flexibility index (Phi) is 3.60. The van der Waals surface area contributed by atoms with Crippen LogP contribution in [0.5, 0.6) is 0 Å². The van der Waals surface area contributed by atoms with Gasteiger partial charge >= 0.3 is 5.97 Å². The van der Waals surface area contributed by atoms with Gasteiger partial charge in [-0.1, -0.05) is 18.2 Å². The number of hydrogen-bond donors (Lipinski definition) is 1. The van der Waals surface area contributed by atoms with Crippen molar-refractivity contribution in [3.05, 3.63) is 47.4 Å². The van der Waals surface area contributed by atoms with Crippen molar-refractivity contribution < 1.29 is 15.7 Å². The van der Waals surface area contributed by atoms with Gasteiger partial charge in [0.1, 0.15) is 0 Å². The molecule has 1 N–H and O–H groups in total. The van der Waals surface area contributed by atoms with Gasteiger partial charge in [0.25, 0.3) is 0 Å². The Labute approximate surface area is 154 Å². The number of H-pyrrole nitrogens is 1. The van der Waals surface area contributed by atoms with E-state index < -0.39 is 0 Å². The molecule has 4 heterocycles. The van der Waals surface area contributed by atoms with Crippen LogP contribution in [0.2, 0.25) is 0 Å². The maximum atomic E-state index is 12.3. The van der Waals surface area contributed by atoms with Gasteiger partial charge in [-0.2, -0.15) is 0 Å².